The summed E-state index contributed by atoms with van der Waals surface area (Å²) >= 11 is 0. The number of aromatic nitrogens is 2. The molecule has 30 heavy (non-hydrogen) atoms. The molecule has 1 atom stereocenters. The Bertz CT molecular complexity index is 1160. The average Bonchev–Trinajstić information content (AvgIpc) is 3.36. The van der Waals surface area contributed by atoms with E-state index in [-0.39, 0.29) is 29.3 Å². The van der Waals surface area contributed by atoms with Crippen molar-refractivity contribution in [1.29, 1.82) is 0 Å². The number of cyclic esters (lactones) is 1. The van der Waals surface area contributed by atoms with Crippen LogP contribution < -0.4 is 4.90 Å². The number of aryl methyl sites for hydroxylation is 1. The maximum atomic E-state index is 14.5. The van der Waals surface area contributed by atoms with Crippen LogP contribution in [0, 0.1) is 12.7 Å². The van der Waals surface area contributed by atoms with Crippen molar-refractivity contribution in [2.45, 2.75) is 17.9 Å². The van der Waals surface area contributed by atoms with E-state index in [0.29, 0.717) is 5.82 Å². The molecule has 3 aromatic rings. The molecule has 0 radical (unpaired) electrons. The average molecular weight is 431 g/mol. The SMILES string of the molecule is Cc1ccc(S(=O)(=O)OC[C@H]2CN(c3ccc(-c4ncc[nH]4)c(F)c3)C(=O)O2)cc1. The number of aromatic amines is 1. The smallest absolute Gasteiger partial charge is 0.414 e. The summed E-state index contributed by atoms with van der Waals surface area (Å²) in [5.74, 6) is -0.187. The maximum absolute atomic E-state index is 14.5. The lowest BCUT2D eigenvalue weighted by Gasteiger charge is -2.14. The van der Waals surface area contributed by atoms with Crippen LogP contribution in [0.2, 0.25) is 0 Å². The normalized spacial score (nSPS) is 16.7. The van der Waals surface area contributed by atoms with E-state index in [4.69, 9.17) is 8.92 Å². The molecule has 1 fully saturated rings. The van der Waals surface area contributed by atoms with Crippen molar-refractivity contribution in [1.82, 2.24) is 9.97 Å². The number of rotatable bonds is 6. The van der Waals surface area contributed by atoms with Gasteiger partial charge in [-0.15, -0.1) is 0 Å². The number of hydrogen-bond acceptors (Lipinski definition) is 6. The topological polar surface area (TPSA) is 102 Å². The van der Waals surface area contributed by atoms with E-state index < -0.39 is 28.1 Å². The van der Waals surface area contributed by atoms with Crippen LogP contribution in [0.4, 0.5) is 14.9 Å². The quantitative estimate of drug-likeness (QED) is 0.601. The summed E-state index contributed by atoms with van der Waals surface area (Å²) in [5, 5.41) is 0. The Hall–Kier alpha value is -3.24. The zero-order valence-electron chi connectivity index (χ0n) is 15.9. The third-order valence-corrected chi connectivity index (χ3v) is 5.91. The van der Waals surface area contributed by atoms with Crippen molar-refractivity contribution >= 4 is 21.9 Å². The molecule has 2 aromatic carbocycles. The van der Waals surface area contributed by atoms with Gasteiger partial charge in [-0.3, -0.25) is 9.08 Å². The summed E-state index contributed by atoms with van der Waals surface area (Å²) in [7, 11) is -3.98. The largest absolute Gasteiger partial charge is 0.441 e. The second-order valence-corrected chi connectivity index (χ2v) is 8.39. The molecule has 1 aliphatic rings. The lowest BCUT2D eigenvalue weighted by atomic mass is 10.1. The highest BCUT2D eigenvalue weighted by atomic mass is 32.2. The second kappa shape index (κ2) is 7.88. The third-order valence-electron chi connectivity index (χ3n) is 4.61. The van der Waals surface area contributed by atoms with Crippen LogP contribution in [-0.4, -0.2) is 43.7 Å². The number of carbonyl (C=O) groups is 1. The van der Waals surface area contributed by atoms with Gasteiger partial charge >= 0.3 is 6.09 Å². The molecule has 1 N–H and O–H groups in total. The summed E-state index contributed by atoms with van der Waals surface area (Å²) in [5.41, 5.74) is 1.47. The number of H-pyrrole nitrogens is 1. The maximum Gasteiger partial charge on any atom is 0.414 e. The molecule has 4 rings (SSSR count). The van der Waals surface area contributed by atoms with Gasteiger partial charge in [-0.2, -0.15) is 8.42 Å². The van der Waals surface area contributed by atoms with E-state index in [9.17, 15) is 17.6 Å². The number of benzene rings is 2. The fourth-order valence-electron chi connectivity index (χ4n) is 3.03. The first-order valence-corrected chi connectivity index (χ1v) is 10.5. The lowest BCUT2D eigenvalue weighted by Crippen LogP contribution is -2.26. The Morgan fingerprint density at radius 3 is 2.70 bits per heavy atom. The lowest BCUT2D eigenvalue weighted by molar-refractivity contribution is 0.107. The van der Waals surface area contributed by atoms with Gasteiger partial charge < -0.3 is 9.72 Å². The molecule has 10 heteroatoms. The van der Waals surface area contributed by atoms with Gasteiger partial charge in [-0.1, -0.05) is 17.7 Å². The summed E-state index contributed by atoms with van der Waals surface area (Å²) in [6.45, 7) is 1.53. The first-order valence-electron chi connectivity index (χ1n) is 9.07. The molecule has 0 aliphatic carbocycles. The molecular formula is C20H18FN3O5S. The highest BCUT2D eigenvalue weighted by molar-refractivity contribution is 7.86. The zero-order valence-corrected chi connectivity index (χ0v) is 16.7. The molecule has 1 aromatic heterocycles. The van der Waals surface area contributed by atoms with Crippen molar-refractivity contribution in [3.05, 3.63) is 66.2 Å². The minimum Gasteiger partial charge on any atom is -0.441 e. The van der Waals surface area contributed by atoms with E-state index in [1.54, 1.807) is 24.4 Å². The van der Waals surface area contributed by atoms with Crippen LogP contribution in [0.25, 0.3) is 11.4 Å². The predicted octanol–water partition coefficient (Wildman–Crippen LogP) is 3.25. The molecule has 2 heterocycles. The van der Waals surface area contributed by atoms with Gasteiger partial charge in [0.15, 0.2) is 0 Å². The first-order chi connectivity index (χ1) is 14.3. The number of nitrogens with zero attached hydrogens (tertiary/aromatic N) is 2. The molecule has 156 valence electrons. The minimum absolute atomic E-state index is 0.0184. The van der Waals surface area contributed by atoms with Crippen LogP contribution in [0.3, 0.4) is 0 Å². The monoisotopic (exact) mass is 431 g/mol. The second-order valence-electron chi connectivity index (χ2n) is 6.77. The van der Waals surface area contributed by atoms with Crippen LogP contribution in [-0.2, 0) is 19.0 Å². The zero-order chi connectivity index (χ0) is 21.3. The van der Waals surface area contributed by atoms with Crippen molar-refractivity contribution in [3.8, 4) is 11.4 Å². The van der Waals surface area contributed by atoms with Crippen molar-refractivity contribution < 1.29 is 26.5 Å². The summed E-state index contributed by atoms with van der Waals surface area (Å²) in [4.78, 5) is 20.3. The van der Waals surface area contributed by atoms with Gasteiger partial charge in [0.25, 0.3) is 10.1 Å². The molecule has 0 bridgehead atoms. The summed E-state index contributed by atoms with van der Waals surface area (Å²) < 4.78 is 49.3. The van der Waals surface area contributed by atoms with Crippen LogP contribution in [0.5, 0.6) is 0 Å². The molecule has 8 nitrogen and oxygen atoms in total. The highest BCUT2D eigenvalue weighted by Gasteiger charge is 2.34. The van der Waals surface area contributed by atoms with E-state index >= 15 is 0 Å². The van der Waals surface area contributed by atoms with E-state index in [1.165, 1.54) is 35.4 Å². The van der Waals surface area contributed by atoms with Crippen LogP contribution in [0.15, 0.2) is 59.8 Å². The molecule has 0 saturated carbocycles. The molecular weight excluding hydrogens is 413 g/mol. The van der Waals surface area contributed by atoms with Gasteiger partial charge in [0, 0.05) is 12.4 Å². The molecule has 1 amide bonds. The van der Waals surface area contributed by atoms with E-state index in [2.05, 4.69) is 9.97 Å². The summed E-state index contributed by atoms with van der Waals surface area (Å²) in [6.07, 6.45) is 1.57. The number of ether oxygens (including phenoxy) is 1. The van der Waals surface area contributed by atoms with E-state index in [0.717, 1.165) is 5.56 Å². The molecule has 1 aliphatic heterocycles. The number of halogens is 1. The Morgan fingerprint density at radius 1 is 1.27 bits per heavy atom. The van der Waals surface area contributed by atoms with E-state index in [1.807, 2.05) is 6.92 Å². The van der Waals surface area contributed by atoms with Gasteiger partial charge in [0.2, 0.25) is 0 Å². The molecule has 0 unspecified atom stereocenters. The number of imidazole rings is 1. The molecule has 0 spiro atoms. The fourth-order valence-corrected chi connectivity index (χ4v) is 3.97. The predicted molar refractivity (Wildman–Crippen MR) is 106 cm³/mol. The van der Waals surface area contributed by atoms with Crippen LogP contribution >= 0.6 is 0 Å². The first kappa shape index (κ1) is 20.0. The number of hydrogen-bond donors (Lipinski definition) is 1. The number of anilines is 1. The minimum atomic E-state index is -3.98. The Labute approximate surface area is 172 Å². The van der Waals surface area contributed by atoms with Gasteiger partial charge in [-0.05, 0) is 37.3 Å². The van der Waals surface area contributed by atoms with Crippen molar-refractivity contribution in [2.24, 2.45) is 0 Å². The Balaban J connectivity index is 1.43. The van der Waals surface area contributed by atoms with Gasteiger partial charge in [0.1, 0.15) is 24.4 Å². The van der Waals surface area contributed by atoms with Crippen LogP contribution in [0.1, 0.15) is 5.56 Å². The van der Waals surface area contributed by atoms with Crippen molar-refractivity contribution in [2.75, 3.05) is 18.1 Å². The van der Waals surface area contributed by atoms with Gasteiger partial charge in [0.05, 0.1) is 22.7 Å². The number of amides is 1. The Kier molecular flexibility index (Phi) is 5.27. The van der Waals surface area contributed by atoms with Gasteiger partial charge in [-0.25, -0.2) is 14.2 Å². The number of nitrogens with one attached hydrogen (secondary N) is 1. The third kappa shape index (κ3) is 4.05. The Morgan fingerprint density at radius 2 is 2.03 bits per heavy atom. The fraction of sp³-hybridized carbons (Fsp3) is 0.200. The van der Waals surface area contributed by atoms with Crippen molar-refractivity contribution in [3.63, 3.8) is 0 Å². The standard InChI is InChI=1S/C20H18FN3O5S/c1-13-2-5-16(6-3-13)30(26,27)28-12-15-11-24(20(25)29-15)14-4-7-17(18(21)10-14)19-22-8-9-23-19/h2-10,15H,11-12H2,1H3,(H,22,23)/t15-/m1/s1. The molecule has 1 saturated heterocycles. The number of carbonyl (C=O) groups excluding carboxylic acids is 1. The highest BCUT2D eigenvalue weighted by Crippen LogP contribution is 2.28. The summed E-state index contributed by atoms with van der Waals surface area (Å²) in [6, 6.07) is 10.5.